The molecule has 152 valence electrons. The van der Waals surface area contributed by atoms with Crippen LogP contribution in [0.4, 0.5) is 0 Å². The minimum Gasteiger partial charge on any atom is -0.497 e. The van der Waals surface area contributed by atoms with Crippen LogP contribution in [0.3, 0.4) is 0 Å². The maximum Gasteiger partial charge on any atom is 0.268 e. The van der Waals surface area contributed by atoms with Gasteiger partial charge in [0.05, 0.1) is 25.8 Å². The maximum absolute atomic E-state index is 13.2. The van der Waals surface area contributed by atoms with Gasteiger partial charge in [-0.05, 0) is 36.2 Å². The molecule has 2 heterocycles. The van der Waals surface area contributed by atoms with Crippen molar-refractivity contribution in [2.45, 2.75) is 13.0 Å². The summed E-state index contributed by atoms with van der Waals surface area (Å²) in [4.78, 5) is 20.4. The van der Waals surface area contributed by atoms with E-state index >= 15 is 0 Å². The Hall–Kier alpha value is -3.80. The first kappa shape index (κ1) is 19.5. The molecule has 0 aliphatic heterocycles. The molecule has 1 amide bonds. The van der Waals surface area contributed by atoms with Crippen LogP contribution < -0.4 is 14.8 Å². The predicted octanol–water partition coefficient (Wildman–Crippen LogP) is 4.41. The first-order chi connectivity index (χ1) is 14.6. The van der Waals surface area contributed by atoms with Gasteiger partial charge in [-0.2, -0.15) is 0 Å². The van der Waals surface area contributed by atoms with Gasteiger partial charge in [0.25, 0.3) is 5.91 Å². The van der Waals surface area contributed by atoms with Gasteiger partial charge in [0.1, 0.15) is 17.2 Å². The van der Waals surface area contributed by atoms with Crippen molar-refractivity contribution in [3.8, 4) is 11.5 Å². The summed E-state index contributed by atoms with van der Waals surface area (Å²) >= 11 is 0. The van der Waals surface area contributed by atoms with Crippen molar-refractivity contribution in [3.63, 3.8) is 0 Å². The summed E-state index contributed by atoms with van der Waals surface area (Å²) in [6, 6.07) is 17.1. The minimum atomic E-state index is -0.302. The van der Waals surface area contributed by atoms with Crippen molar-refractivity contribution in [3.05, 3.63) is 89.4 Å². The summed E-state index contributed by atoms with van der Waals surface area (Å²) in [6.45, 7) is 2.04. The van der Waals surface area contributed by atoms with Crippen LogP contribution in [0.5, 0.6) is 11.5 Å². The molecule has 0 saturated carbocycles. The fourth-order valence-corrected chi connectivity index (χ4v) is 3.47. The second kappa shape index (κ2) is 8.29. The highest BCUT2D eigenvalue weighted by atomic mass is 16.5. The Morgan fingerprint density at radius 2 is 1.67 bits per heavy atom. The third-order valence-corrected chi connectivity index (χ3v) is 5.10. The fourth-order valence-electron chi connectivity index (χ4n) is 3.47. The number of ether oxygens (including phenoxy) is 2. The fraction of sp³-hybridized carbons (Fsp3) is 0.167. The van der Waals surface area contributed by atoms with Crippen LogP contribution >= 0.6 is 0 Å². The number of aryl methyl sites for hydroxylation is 1. The number of aromatic amines is 1. The Labute approximate surface area is 174 Å². The number of methoxy groups -OCH3 is 2. The van der Waals surface area contributed by atoms with Gasteiger partial charge in [-0.1, -0.05) is 29.8 Å². The number of rotatable bonds is 6. The molecule has 0 aliphatic rings. The molecule has 2 N–H and O–H groups in total. The average Bonchev–Trinajstić information content (AvgIpc) is 3.22. The van der Waals surface area contributed by atoms with Gasteiger partial charge in [0, 0.05) is 29.9 Å². The molecule has 6 heteroatoms. The lowest BCUT2D eigenvalue weighted by molar-refractivity contribution is 0.0938. The summed E-state index contributed by atoms with van der Waals surface area (Å²) in [7, 11) is 3.19. The molecule has 2 aromatic carbocycles. The number of amides is 1. The Morgan fingerprint density at radius 1 is 0.967 bits per heavy atom. The molecule has 0 saturated heterocycles. The summed E-state index contributed by atoms with van der Waals surface area (Å²) in [6.07, 6.45) is 3.45. The van der Waals surface area contributed by atoms with Gasteiger partial charge in [-0.15, -0.1) is 0 Å². The molecule has 0 aliphatic carbocycles. The SMILES string of the molecule is COc1cc(OC)c2cc(C(=O)NC(c3ccncc3)c3ccc(C)cc3)[nH]c2c1. The zero-order valence-electron chi connectivity index (χ0n) is 17.1. The van der Waals surface area contributed by atoms with Crippen LogP contribution in [0.25, 0.3) is 10.9 Å². The molecule has 6 nitrogen and oxygen atoms in total. The van der Waals surface area contributed by atoms with E-state index in [-0.39, 0.29) is 11.9 Å². The second-order valence-electron chi connectivity index (χ2n) is 7.07. The third kappa shape index (κ3) is 3.85. The standard InChI is InChI=1S/C24H23N3O3/c1-15-4-6-16(7-5-15)23(17-8-10-25-11-9-17)27-24(28)21-14-19-20(26-21)12-18(29-2)13-22(19)30-3/h4-14,23,26H,1-3H3,(H,27,28). The van der Waals surface area contributed by atoms with Crippen LogP contribution in [0.1, 0.15) is 33.2 Å². The van der Waals surface area contributed by atoms with E-state index < -0.39 is 0 Å². The first-order valence-corrected chi connectivity index (χ1v) is 9.61. The molecule has 0 radical (unpaired) electrons. The summed E-state index contributed by atoms with van der Waals surface area (Å²) in [5, 5.41) is 3.96. The number of hydrogen-bond donors (Lipinski definition) is 2. The van der Waals surface area contributed by atoms with Crippen molar-refractivity contribution in [1.82, 2.24) is 15.3 Å². The number of fused-ring (bicyclic) bond motifs is 1. The highest BCUT2D eigenvalue weighted by Gasteiger charge is 2.20. The number of nitrogens with zero attached hydrogens (tertiary/aromatic N) is 1. The number of nitrogens with one attached hydrogen (secondary N) is 2. The van der Waals surface area contributed by atoms with Gasteiger partial charge < -0.3 is 19.8 Å². The van der Waals surface area contributed by atoms with Gasteiger partial charge in [0.15, 0.2) is 0 Å². The molecule has 1 atom stereocenters. The Balaban J connectivity index is 1.69. The van der Waals surface area contributed by atoms with Gasteiger partial charge in [-0.3, -0.25) is 9.78 Å². The Bertz CT molecular complexity index is 1170. The molecule has 0 bridgehead atoms. The smallest absolute Gasteiger partial charge is 0.268 e. The van der Waals surface area contributed by atoms with Crippen LogP contribution in [0.15, 0.2) is 67.0 Å². The second-order valence-corrected chi connectivity index (χ2v) is 7.07. The van der Waals surface area contributed by atoms with Crippen molar-refractivity contribution in [1.29, 1.82) is 0 Å². The molecule has 4 rings (SSSR count). The van der Waals surface area contributed by atoms with Crippen LogP contribution in [-0.2, 0) is 0 Å². The lowest BCUT2D eigenvalue weighted by Gasteiger charge is -2.19. The molecule has 0 fully saturated rings. The lowest BCUT2D eigenvalue weighted by Crippen LogP contribution is -2.29. The van der Waals surface area contributed by atoms with E-state index in [2.05, 4.69) is 15.3 Å². The number of pyridine rings is 1. The topological polar surface area (TPSA) is 76.2 Å². The molecule has 4 aromatic rings. The lowest BCUT2D eigenvalue weighted by atomic mass is 9.98. The maximum atomic E-state index is 13.2. The number of carbonyl (C=O) groups is 1. The molecule has 2 aromatic heterocycles. The summed E-state index contributed by atoms with van der Waals surface area (Å²) < 4.78 is 10.8. The zero-order chi connectivity index (χ0) is 21.1. The largest absolute Gasteiger partial charge is 0.497 e. The Kier molecular flexibility index (Phi) is 5.39. The normalized spacial score (nSPS) is 11.8. The number of aromatic nitrogens is 2. The summed E-state index contributed by atoms with van der Waals surface area (Å²) in [5.41, 5.74) is 4.33. The summed E-state index contributed by atoms with van der Waals surface area (Å²) in [5.74, 6) is 1.08. The van der Waals surface area contributed by atoms with Crippen molar-refractivity contribution < 1.29 is 14.3 Å². The molecule has 0 spiro atoms. The quantitative estimate of drug-likeness (QED) is 0.502. The van der Waals surface area contributed by atoms with Gasteiger partial charge in [-0.25, -0.2) is 0 Å². The zero-order valence-corrected chi connectivity index (χ0v) is 17.1. The van der Waals surface area contributed by atoms with Crippen molar-refractivity contribution in [2.24, 2.45) is 0 Å². The third-order valence-electron chi connectivity index (χ3n) is 5.10. The van der Waals surface area contributed by atoms with E-state index in [0.717, 1.165) is 27.6 Å². The highest BCUT2D eigenvalue weighted by Crippen LogP contribution is 2.32. The van der Waals surface area contributed by atoms with E-state index in [4.69, 9.17) is 9.47 Å². The van der Waals surface area contributed by atoms with Gasteiger partial charge in [0.2, 0.25) is 0 Å². The van der Waals surface area contributed by atoms with Crippen molar-refractivity contribution >= 4 is 16.8 Å². The minimum absolute atomic E-state index is 0.213. The van der Waals surface area contributed by atoms with Gasteiger partial charge >= 0.3 is 0 Å². The molecule has 30 heavy (non-hydrogen) atoms. The van der Waals surface area contributed by atoms with E-state index in [9.17, 15) is 4.79 Å². The first-order valence-electron chi connectivity index (χ1n) is 9.61. The van der Waals surface area contributed by atoms with Crippen molar-refractivity contribution in [2.75, 3.05) is 14.2 Å². The van der Waals surface area contributed by atoms with E-state index in [1.54, 1.807) is 38.7 Å². The van der Waals surface area contributed by atoms with Crippen LogP contribution in [0, 0.1) is 6.92 Å². The van der Waals surface area contributed by atoms with Crippen LogP contribution in [-0.4, -0.2) is 30.1 Å². The number of H-pyrrole nitrogens is 1. The monoisotopic (exact) mass is 401 g/mol. The van der Waals surface area contributed by atoms with Crippen LogP contribution in [0.2, 0.25) is 0 Å². The number of hydrogen-bond acceptors (Lipinski definition) is 4. The molecule has 1 unspecified atom stereocenters. The number of benzene rings is 2. The molecular weight excluding hydrogens is 378 g/mol. The predicted molar refractivity (Wildman–Crippen MR) is 116 cm³/mol. The van der Waals surface area contributed by atoms with E-state index in [1.165, 1.54) is 0 Å². The van der Waals surface area contributed by atoms with E-state index in [0.29, 0.717) is 17.2 Å². The van der Waals surface area contributed by atoms with E-state index in [1.807, 2.05) is 49.4 Å². The average molecular weight is 401 g/mol. The molecular formula is C24H23N3O3. The Morgan fingerprint density at radius 3 is 2.33 bits per heavy atom. The number of carbonyl (C=O) groups excluding carboxylic acids is 1. The highest BCUT2D eigenvalue weighted by molar-refractivity contribution is 6.00.